The number of ether oxygens (including phenoxy) is 2. The molecule has 0 amide bonds. The van der Waals surface area contributed by atoms with E-state index in [-0.39, 0.29) is 23.5 Å². The standard InChI is InChI=1S/C18H21N3O6/c1-12(22)17-15-10-25-18(26-11-16(15)27-19-17)6-8-20(9-7-18)13-2-4-14(5-3-13)21(23)24/h2-5,15-16H,6-11H2,1H3/t15-,16-/m0/s1. The van der Waals surface area contributed by atoms with E-state index in [1.54, 1.807) is 12.1 Å². The summed E-state index contributed by atoms with van der Waals surface area (Å²) in [6.45, 7) is 3.58. The lowest BCUT2D eigenvalue weighted by molar-refractivity contribution is -0.384. The summed E-state index contributed by atoms with van der Waals surface area (Å²) in [6.07, 6.45) is 1.04. The molecule has 4 rings (SSSR count). The van der Waals surface area contributed by atoms with Crippen molar-refractivity contribution < 1.29 is 24.0 Å². The van der Waals surface area contributed by atoms with E-state index in [0.717, 1.165) is 5.69 Å². The Morgan fingerprint density at radius 1 is 1.22 bits per heavy atom. The Hall–Kier alpha value is -2.52. The second kappa shape index (κ2) is 6.90. The van der Waals surface area contributed by atoms with Gasteiger partial charge in [-0.3, -0.25) is 14.9 Å². The van der Waals surface area contributed by atoms with Crippen molar-refractivity contribution in [2.45, 2.75) is 31.7 Å². The van der Waals surface area contributed by atoms with Crippen molar-refractivity contribution in [3.63, 3.8) is 0 Å². The first-order valence-electron chi connectivity index (χ1n) is 8.99. The molecule has 1 aromatic rings. The summed E-state index contributed by atoms with van der Waals surface area (Å²) >= 11 is 0. The van der Waals surface area contributed by atoms with E-state index in [1.165, 1.54) is 19.1 Å². The second-order valence-corrected chi connectivity index (χ2v) is 7.08. The summed E-state index contributed by atoms with van der Waals surface area (Å²) in [7, 11) is 0. The van der Waals surface area contributed by atoms with Gasteiger partial charge in [-0.2, -0.15) is 0 Å². The van der Waals surface area contributed by atoms with Crippen LogP contribution in [0.3, 0.4) is 0 Å². The van der Waals surface area contributed by atoms with Crippen LogP contribution in [0, 0.1) is 16.0 Å². The molecule has 3 aliphatic rings. The monoisotopic (exact) mass is 375 g/mol. The van der Waals surface area contributed by atoms with Gasteiger partial charge < -0.3 is 19.2 Å². The first-order valence-corrected chi connectivity index (χ1v) is 8.99. The van der Waals surface area contributed by atoms with Crippen molar-refractivity contribution in [1.29, 1.82) is 0 Å². The van der Waals surface area contributed by atoms with E-state index in [4.69, 9.17) is 14.3 Å². The molecule has 0 unspecified atom stereocenters. The molecule has 9 heteroatoms. The molecule has 2 atom stereocenters. The molecule has 0 bridgehead atoms. The fourth-order valence-electron chi connectivity index (χ4n) is 3.80. The highest BCUT2D eigenvalue weighted by Crippen LogP contribution is 2.36. The minimum absolute atomic E-state index is 0.0807. The number of carbonyl (C=O) groups is 1. The average Bonchev–Trinajstić information content (AvgIpc) is 3.01. The number of nitro groups is 1. The lowest BCUT2D eigenvalue weighted by Crippen LogP contribution is -2.48. The Kier molecular flexibility index (Phi) is 4.56. The van der Waals surface area contributed by atoms with Gasteiger partial charge in [-0.15, -0.1) is 0 Å². The Labute approximate surface area is 156 Å². The molecule has 0 aromatic heterocycles. The van der Waals surface area contributed by atoms with Crippen molar-refractivity contribution in [2.75, 3.05) is 31.2 Å². The Balaban J connectivity index is 1.39. The van der Waals surface area contributed by atoms with E-state index in [1.807, 2.05) is 0 Å². The van der Waals surface area contributed by atoms with Gasteiger partial charge in [-0.25, -0.2) is 0 Å². The largest absolute Gasteiger partial charge is 0.389 e. The summed E-state index contributed by atoms with van der Waals surface area (Å²) in [6, 6.07) is 6.55. The van der Waals surface area contributed by atoms with Gasteiger partial charge in [0.15, 0.2) is 17.7 Å². The van der Waals surface area contributed by atoms with E-state index in [2.05, 4.69) is 10.1 Å². The van der Waals surface area contributed by atoms with Crippen LogP contribution in [0.25, 0.3) is 0 Å². The third-order valence-electron chi connectivity index (χ3n) is 5.43. The van der Waals surface area contributed by atoms with Crippen LogP contribution < -0.4 is 4.90 Å². The van der Waals surface area contributed by atoms with Crippen LogP contribution in [0.1, 0.15) is 19.8 Å². The highest BCUT2D eigenvalue weighted by atomic mass is 16.7. The maximum atomic E-state index is 11.7. The molecule has 0 saturated carbocycles. The number of carbonyl (C=O) groups excluding carboxylic acids is 1. The van der Waals surface area contributed by atoms with Crippen molar-refractivity contribution in [3.8, 4) is 0 Å². The summed E-state index contributed by atoms with van der Waals surface area (Å²) in [5.41, 5.74) is 1.44. The van der Waals surface area contributed by atoms with E-state index in [0.29, 0.717) is 44.9 Å². The molecular formula is C18H21N3O6. The first kappa shape index (κ1) is 17.9. The third-order valence-corrected chi connectivity index (χ3v) is 5.43. The van der Waals surface area contributed by atoms with Crippen molar-refractivity contribution in [1.82, 2.24) is 0 Å². The number of Topliss-reactive ketones (excluding diaryl/α,β-unsaturated/α-hetero) is 1. The number of piperidine rings is 1. The number of rotatable bonds is 3. The van der Waals surface area contributed by atoms with Crippen molar-refractivity contribution in [3.05, 3.63) is 34.4 Å². The quantitative estimate of drug-likeness (QED) is 0.587. The number of anilines is 1. The number of nitro benzene ring substituents is 1. The zero-order chi connectivity index (χ0) is 19.0. The van der Waals surface area contributed by atoms with E-state index < -0.39 is 10.7 Å². The minimum Gasteiger partial charge on any atom is -0.389 e. The van der Waals surface area contributed by atoms with Crippen molar-refractivity contribution in [2.24, 2.45) is 11.1 Å². The van der Waals surface area contributed by atoms with Crippen LogP contribution in [0.2, 0.25) is 0 Å². The fraction of sp³-hybridized carbons (Fsp3) is 0.556. The van der Waals surface area contributed by atoms with Gasteiger partial charge in [0.05, 0.1) is 24.1 Å². The normalized spacial score (nSPS) is 26.7. The predicted octanol–water partition coefficient (Wildman–Crippen LogP) is 1.90. The van der Waals surface area contributed by atoms with Crippen molar-refractivity contribution >= 4 is 22.9 Å². The molecule has 0 aliphatic carbocycles. The molecule has 1 aromatic carbocycles. The molecule has 27 heavy (non-hydrogen) atoms. The molecule has 9 nitrogen and oxygen atoms in total. The molecule has 1 spiro atoms. The molecule has 0 radical (unpaired) electrons. The van der Waals surface area contributed by atoms with Gasteiger partial charge >= 0.3 is 0 Å². The SMILES string of the molecule is CC(=O)C1=NO[C@H]2COC3(CCN(c4ccc([N+](=O)[O-])cc4)CC3)OC[C@H]12. The van der Waals surface area contributed by atoms with Crippen LogP contribution in [0.15, 0.2) is 29.4 Å². The first-order chi connectivity index (χ1) is 13.0. The average molecular weight is 375 g/mol. The molecule has 3 heterocycles. The number of fused-ring (bicyclic) bond motifs is 1. The summed E-state index contributed by atoms with van der Waals surface area (Å²) in [5, 5.41) is 14.7. The van der Waals surface area contributed by atoms with Crippen LogP contribution in [-0.4, -0.2) is 54.6 Å². The van der Waals surface area contributed by atoms with Gasteiger partial charge in [0, 0.05) is 50.7 Å². The molecule has 0 N–H and O–H groups in total. The zero-order valence-corrected chi connectivity index (χ0v) is 15.0. The lowest BCUT2D eigenvalue weighted by atomic mass is 9.96. The number of oxime groups is 1. The molecular weight excluding hydrogens is 354 g/mol. The number of nitrogens with zero attached hydrogens (tertiary/aromatic N) is 3. The summed E-state index contributed by atoms with van der Waals surface area (Å²) < 4.78 is 12.2. The number of hydrogen-bond donors (Lipinski definition) is 0. The van der Waals surface area contributed by atoms with Gasteiger partial charge in [0.2, 0.25) is 0 Å². The maximum Gasteiger partial charge on any atom is 0.269 e. The highest BCUT2D eigenvalue weighted by molar-refractivity contribution is 6.40. The second-order valence-electron chi connectivity index (χ2n) is 7.08. The lowest BCUT2D eigenvalue weighted by Gasteiger charge is -2.41. The summed E-state index contributed by atoms with van der Waals surface area (Å²) in [4.78, 5) is 29.6. The summed E-state index contributed by atoms with van der Waals surface area (Å²) in [5.74, 6) is -0.975. The van der Waals surface area contributed by atoms with Crippen LogP contribution in [-0.2, 0) is 19.1 Å². The van der Waals surface area contributed by atoms with Crippen LogP contribution in [0.4, 0.5) is 11.4 Å². The van der Waals surface area contributed by atoms with Gasteiger partial charge in [-0.1, -0.05) is 5.16 Å². The number of non-ortho nitro benzene ring substituents is 1. The minimum atomic E-state index is -0.688. The maximum absolute atomic E-state index is 11.7. The van der Waals surface area contributed by atoms with Gasteiger partial charge in [0.25, 0.3) is 5.69 Å². The number of ketones is 1. The molecule has 3 aliphatic heterocycles. The van der Waals surface area contributed by atoms with Gasteiger partial charge in [-0.05, 0) is 12.1 Å². The van der Waals surface area contributed by atoms with Crippen LogP contribution in [0.5, 0.6) is 0 Å². The third kappa shape index (κ3) is 3.40. The number of benzene rings is 1. The van der Waals surface area contributed by atoms with Gasteiger partial charge in [0.1, 0.15) is 5.71 Å². The topological polar surface area (TPSA) is 104 Å². The highest BCUT2D eigenvalue weighted by Gasteiger charge is 2.46. The Bertz CT molecular complexity index is 770. The smallest absolute Gasteiger partial charge is 0.269 e. The Morgan fingerprint density at radius 2 is 1.89 bits per heavy atom. The predicted molar refractivity (Wildman–Crippen MR) is 95.7 cm³/mol. The van der Waals surface area contributed by atoms with E-state index >= 15 is 0 Å². The molecule has 2 fully saturated rings. The van der Waals surface area contributed by atoms with Crippen LogP contribution >= 0.6 is 0 Å². The Morgan fingerprint density at radius 3 is 2.52 bits per heavy atom. The zero-order valence-electron chi connectivity index (χ0n) is 15.0. The van der Waals surface area contributed by atoms with E-state index in [9.17, 15) is 14.9 Å². The molecule has 2 saturated heterocycles. The molecule has 144 valence electrons. The fourth-order valence-corrected chi connectivity index (χ4v) is 3.80. The number of hydrogen-bond acceptors (Lipinski definition) is 8.